The number of ether oxygens (including phenoxy) is 1. The maximum absolute atomic E-state index is 13.3. The fourth-order valence-corrected chi connectivity index (χ4v) is 2.23. The van der Waals surface area contributed by atoms with Gasteiger partial charge in [-0.15, -0.1) is 0 Å². The highest BCUT2D eigenvalue weighted by Gasteiger charge is 2.15. The van der Waals surface area contributed by atoms with Crippen molar-refractivity contribution in [1.82, 2.24) is 0 Å². The molecule has 0 saturated carbocycles. The molecule has 2 rings (SSSR count). The Labute approximate surface area is 127 Å². The van der Waals surface area contributed by atoms with Crippen molar-refractivity contribution in [1.29, 1.82) is 0 Å². The van der Waals surface area contributed by atoms with E-state index in [1.165, 1.54) is 12.1 Å². The van der Waals surface area contributed by atoms with Crippen LogP contribution < -0.4 is 4.74 Å². The lowest BCUT2D eigenvalue weighted by atomic mass is 10.0. The zero-order valence-electron chi connectivity index (χ0n) is 9.64. The monoisotopic (exact) mass is 340 g/mol. The third kappa shape index (κ3) is 3.32. The molecule has 0 aliphatic carbocycles. The lowest BCUT2D eigenvalue weighted by molar-refractivity contribution is -0.0494. The predicted molar refractivity (Wildman–Crippen MR) is 73.5 cm³/mol. The highest BCUT2D eigenvalue weighted by Crippen LogP contribution is 2.38. The van der Waals surface area contributed by atoms with Crippen LogP contribution in [0.3, 0.4) is 0 Å². The highest BCUT2D eigenvalue weighted by molar-refractivity contribution is 6.48. The minimum absolute atomic E-state index is 0.103. The lowest BCUT2D eigenvalue weighted by Gasteiger charge is -2.12. The zero-order chi connectivity index (χ0) is 14.9. The van der Waals surface area contributed by atoms with Gasteiger partial charge in [-0.05, 0) is 35.9 Å². The molecule has 0 unspecified atom stereocenters. The summed E-state index contributed by atoms with van der Waals surface area (Å²) in [6.45, 7) is -3.03. The molecule has 106 valence electrons. The third-order valence-electron chi connectivity index (χ3n) is 2.45. The summed E-state index contributed by atoms with van der Waals surface area (Å²) in [6, 6.07) is 5.95. The summed E-state index contributed by atoms with van der Waals surface area (Å²) in [4.78, 5) is 0. The SMILES string of the molecule is Fc1ccc(OC(F)F)c(-c2cc(Cl)c(Cl)c(Cl)c2)c1. The van der Waals surface area contributed by atoms with Crippen LogP contribution in [0, 0.1) is 5.82 Å². The van der Waals surface area contributed by atoms with Crippen molar-refractivity contribution in [3.8, 4) is 16.9 Å². The first-order valence-electron chi connectivity index (χ1n) is 5.27. The van der Waals surface area contributed by atoms with Crippen LogP contribution in [0.1, 0.15) is 0 Å². The Hall–Kier alpha value is -1.10. The molecule has 7 heteroatoms. The minimum Gasteiger partial charge on any atom is -0.434 e. The summed E-state index contributed by atoms with van der Waals surface area (Å²) in [5.74, 6) is -0.792. The Bertz CT molecular complexity index is 624. The number of benzene rings is 2. The second kappa shape index (κ2) is 6.12. The second-order valence-corrected chi connectivity index (χ2v) is 4.97. The summed E-state index contributed by atoms with van der Waals surface area (Å²) in [5, 5.41) is 0.382. The van der Waals surface area contributed by atoms with Crippen molar-refractivity contribution in [2.24, 2.45) is 0 Å². The summed E-state index contributed by atoms with van der Waals surface area (Å²) < 4.78 is 42.4. The largest absolute Gasteiger partial charge is 0.434 e. The van der Waals surface area contributed by atoms with Gasteiger partial charge in [0.1, 0.15) is 11.6 Å². The van der Waals surface area contributed by atoms with E-state index in [1.54, 1.807) is 0 Å². The van der Waals surface area contributed by atoms with E-state index in [9.17, 15) is 13.2 Å². The molecule has 0 N–H and O–H groups in total. The van der Waals surface area contributed by atoms with Gasteiger partial charge in [0.25, 0.3) is 0 Å². The van der Waals surface area contributed by atoms with Crippen LogP contribution in [-0.2, 0) is 0 Å². The molecule has 20 heavy (non-hydrogen) atoms. The molecule has 0 spiro atoms. The van der Waals surface area contributed by atoms with Gasteiger partial charge in [0.15, 0.2) is 0 Å². The average Bonchev–Trinajstić information content (AvgIpc) is 2.37. The molecule has 2 aromatic carbocycles. The van der Waals surface area contributed by atoms with Crippen LogP contribution in [0.2, 0.25) is 15.1 Å². The summed E-state index contributed by atoms with van der Waals surface area (Å²) in [7, 11) is 0. The number of hydrogen-bond acceptors (Lipinski definition) is 1. The van der Waals surface area contributed by atoms with Gasteiger partial charge in [-0.3, -0.25) is 0 Å². The van der Waals surface area contributed by atoms with E-state index in [2.05, 4.69) is 4.74 Å². The van der Waals surface area contributed by atoms with Crippen molar-refractivity contribution in [2.45, 2.75) is 6.61 Å². The Morgan fingerprint density at radius 3 is 2.10 bits per heavy atom. The Morgan fingerprint density at radius 2 is 1.55 bits per heavy atom. The van der Waals surface area contributed by atoms with Crippen molar-refractivity contribution < 1.29 is 17.9 Å². The molecule has 0 fully saturated rings. The first kappa shape index (κ1) is 15.3. The molecule has 0 atom stereocenters. The van der Waals surface area contributed by atoms with Gasteiger partial charge < -0.3 is 4.74 Å². The number of hydrogen-bond donors (Lipinski definition) is 0. The fourth-order valence-electron chi connectivity index (χ4n) is 1.64. The molecule has 0 aliphatic heterocycles. The Balaban J connectivity index is 2.59. The zero-order valence-corrected chi connectivity index (χ0v) is 11.9. The second-order valence-electron chi connectivity index (χ2n) is 3.77. The van der Waals surface area contributed by atoms with Crippen molar-refractivity contribution in [2.75, 3.05) is 0 Å². The van der Waals surface area contributed by atoms with Gasteiger partial charge in [-0.1, -0.05) is 34.8 Å². The van der Waals surface area contributed by atoms with E-state index in [1.807, 2.05) is 0 Å². The highest BCUT2D eigenvalue weighted by atomic mass is 35.5. The molecule has 0 bridgehead atoms. The van der Waals surface area contributed by atoms with E-state index in [-0.39, 0.29) is 26.4 Å². The van der Waals surface area contributed by atoms with Crippen molar-refractivity contribution in [3.05, 3.63) is 51.2 Å². The summed E-state index contributed by atoms with van der Waals surface area (Å²) >= 11 is 17.5. The topological polar surface area (TPSA) is 9.23 Å². The lowest BCUT2D eigenvalue weighted by Crippen LogP contribution is -2.03. The first-order valence-corrected chi connectivity index (χ1v) is 6.41. The quantitative estimate of drug-likeness (QED) is 0.617. The maximum Gasteiger partial charge on any atom is 0.387 e. The predicted octanol–water partition coefficient (Wildman–Crippen LogP) is 6.05. The fraction of sp³-hybridized carbons (Fsp3) is 0.0769. The maximum atomic E-state index is 13.3. The molecule has 0 saturated heterocycles. The van der Waals surface area contributed by atoms with E-state index in [0.29, 0.717) is 5.56 Å². The van der Waals surface area contributed by atoms with Gasteiger partial charge in [0.05, 0.1) is 15.1 Å². The van der Waals surface area contributed by atoms with Gasteiger partial charge in [-0.25, -0.2) is 4.39 Å². The Kier molecular flexibility index (Phi) is 4.68. The van der Waals surface area contributed by atoms with Crippen LogP contribution in [0.5, 0.6) is 5.75 Å². The first-order chi connectivity index (χ1) is 9.38. The normalized spacial score (nSPS) is 10.9. The van der Waals surface area contributed by atoms with Gasteiger partial charge in [0.2, 0.25) is 0 Å². The molecular weight excluding hydrogens is 335 g/mol. The standard InChI is InChI=1S/C13H6Cl3F3O/c14-9-3-6(4-10(15)12(9)16)8-5-7(17)1-2-11(8)20-13(18)19/h1-5,13H. The molecule has 0 aliphatic rings. The molecule has 0 amide bonds. The van der Waals surface area contributed by atoms with Crippen molar-refractivity contribution in [3.63, 3.8) is 0 Å². The van der Waals surface area contributed by atoms with Crippen LogP contribution >= 0.6 is 34.8 Å². The molecule has 1 nitrogen and oxygen atoms in total. The van der Waals surface area contributed by atoms with Crippen LogP contribution in [-0.4, -0.2) is 6.61 Å². The van der Waals surface area contributed by atoms with E-state index < -0.39 is 12.4 Å². The van der Waals surface area contributed by atoms with Crippen LogP contribution in [0.25, 0.3) is 11.1 Å². The van der Waals surface area contributed by atoms with E-state index in [0.717, 1.165) is 18.2 Å². The smallest absolute Gasteiger partial charge is 0.387 e. The van der Waals surface area contributed by atoms with Gasteiger partial charge in [-0.2, -0.15) is 8.78 Å². The van der Waals surface area contributed by atoms with Crippen LogP contribution in [0.4, 0.5) is 13.2 Å². The van der Waals surface area contributed by atoms with Gasteiger partial charge in [0, 0.05) is 5.56 Å². The third-order valence-corrected chi connectivity index (χ3v) is 3.65. The molecule has 2 aromatic rings. The number of rotatable bonds is 3. The molecule has 0 radical (unpaired) electrons. The molecular formula is C13H6Cl3F3O. The van der Waals surface area contributed by atoms with Crippen molar-refractivity contribution >= 4 is 34.8 Å². The van der Waals surface area contributed by atoms with Crippen LogP contribution in [0.15, 0.2) is 30.3 Å². The summed E-state index contributed by atoms with van der Waals surface area (Å²) in [6.07, 6.45) is 0. The summed E-state index contributed by atoms with van der Waals surface area (Å²) in [5.41, 5.74) is 0.422. The van der Waals surface area contributed by atoms with E-state index in [4.69, 9.17) is 34.8 Å². The minimum atomic E-state index is -3.03. The average molecular weight is 342 g/mol. The number of alkyl halides is 2. The number of halogens is 6. The van der Waals surface area contributed by atoms with E-state index >= 15 is 0 Å². The molecule has 0 aromatic heterocycles. The van der Waals surface area contributed by atoms with Gasteiger partial charge >= 0.3 is 6.61 Å². The Morgan fingerprint density at radius 1 is 0.950 bits per heavy atom. The molecule has 0 heterocycles.